The molecule has 2 aromatic rings. The number of allylic oxidation sites excluding steroid dienone is 1. The lowest BCUT2D eigenvalue weighted by molar-refractivity contribution is -0.141. The largest absolute Gasteiger partial charge is 0.481 e. The van der Waals surface area contributed by atoms with Crippen LogP contribution in [0.3, 0.4) is 0 Å². The van der Waals surface area contributed by atoms with Gasteiger partial charge in [-0.25, -0.2) is 4.79 Å². The quantitative estimate of drug-likeness (QED) is 0.648. The number of carboxylic acid groups (broad SMARTS) is 1. The minimum absolute atomic E-state index is 0.000559. The highest BCUT2D eigenvalue weighted by Gasteiger charge is 2.60. The highest BCUT2D eigenvalue weighted by molar-refractivity contribution is 5.82. The smallest absolute Gasteiger partial charge is 0.407 e. The van der Waals surface area contributed by atoms with Gasteiger partial charge in [-0.2, -0.15) is 0 Å². The molecule has 1 unspecified atom stereocenters. The molecule has 0 radical (unpaired) electrons. The van der Waals surface area contributed by atoms with Crippen LogP contribution < -0.4 is 5.32 Å². The monoisotopic (exact) mass is 472 g/mol. The van der Waals surface area contributed by atoms with Crippen molar-refractivity contribution in [1.29, 1.82) is 0 Å². The highest BCUT2D eigenvalue weighted by Crippen LogP contribution is 2.52. The Labute approximate surface area is 203 Å². The summed E-state index contributed by atoms with van der Waals surface area (Å²) < 4.78 is 5.66. The molecule has 1 aliphatic heterocycles. The number of hydrogen-bond donors (Lipinski definition) is 2. The zero-order chi connectivity index (χ0) is 24.1. The first kappa shape index (κ1) is 21.9. The molecule has 1 saturated heterocycles. The Morgan fingerprint density at radius 1 is 0.971 bits per heavy atom. The van der Waals surface area contributed by atoms with Gasteiger partial charge in [-0.1, -0.05) is 60.7 Å². The van der Waals surface area contributed by atoms with Crippen molar-refractivity contribution in [2.24, 2.45) is 23.7 Å². The van der Waals surface area contributed by atoms with Crippen molar-refractivity contribution in [3.63, 3.8) is 0 Å². The van der Waals surface area contributed by atoms with Crippen LogP contribution in [0.4, 0.5) is 4.79 Å². The molecule has 7 nitrogen and oxygen atoms in total. The lowest BCUT2D eigenvalue weighted by atomic mass is 9.90. The van der Waals surface area contributed by atoms with E-state index in [-0.39, 0.29) is 48.1 Å². The Hall–Kier alpha value is -3.61. The van der Waals surface area contributed by atoms with Crippen LogP contribution in [-0.2, 0) is 14.3 Å². The number of nitrogens with zero attached hydrogens (tertiary/aromatic N) is 1. The number of aliphatic carboxylic acids is 1. The number of carbonyl (C=O) groups is 3. The molecule has 0 aromatic heterocycles. The maximum absolute atomic E-state index is 13.0. The van der Waals surface area contributed by atoms with E-state index in [1.165, 1.54) is 22.3 Å². The minimum Gasteiger partial charge on any atom is -0.481 e. The number of carbonyl (C=O) groups excluding carboxylic acids is 2. The topological polar surface area (TPSA) is 95.9 Å². The average Bonchev–Trinajstić information content (AvgIpc) is 3.22. The van der Waals surface area contributed by atoms with E-state index in [1.54, 1.807) is 0 Å². The fraction of sp³-hybridized carbons (Fsp3) is 0.393. The van der Waals surface area contributed by atoms with Crippen molar-refractivity contribution in [1.82, 2.24) is 10.2 Å². The fourth-order valence-corrected chi connectivity index (χ4v) is 6.32. The Morgan fingerprint density at radius 3 is 2.23 bits per heavy atom. The lowest BCUT2D eigenvalue weighted by Crippen LogP contribution is -2.43. The van der Waals surface area contributed by atoms with E-state index in [0.29, 0.717) is 25.9 Å². The first-order chi connectivity index (χ1) is 17.0. The van der Waals surface area contributed by atoms with Gasteiger partial charge >= 0.3 is 12.1 Å². The van der Waals surface area contributed by atoms with Crippen molar-refractivity contribution in [2.75, 3.05) is 19.7 Å². The lowest BCUT2D eigenvalue weighted by Gasteiger charge is -2.29. The van der Waals surface area contributed by atoms with E-state index in [2.05, 4.69) is 29.6 Å². The van der Waals surface area contributed by atoms with Crippen molar-refractivity contribution >= 4 is 18.0 Å². The van der Waals surface area contributed by atoms with Gasteiger partial charge in [-0.3, -0.25) is 9.59 Å². The standard InChI is InChI=1S/C28H28N2O5/c31-26(30-13-22-23(14-30)25(22)27(32)33)16-6-5-7-17(12-16)29-28(34)35-15-24-20-10-3-1-8-18(20)19-9-2-4-11-21(19)24/h1-5,7-11,16-17,22-25H,6,12-15H2,(H,29,34)(H,32,33)/t16-,17-,22-,23+,25?/m1/s1. The van der Waals surface area contributed by atoms with Crippen LogP contribution in [0.2, 0.25) is 0 Å². The van der Waals surface area contributed by atoms with Crippen LogP contribution in [0.5, 0.6) is 0 Å². The number of amides is 2. The number of hydrogen-bond acceptors (Lipinski definition) is 4. The van der Waals surface area contributed by atoms with Gasteiger partial charge in [0.25, 0.3) is 0 Å². The van der Waals surface area contributed by atoms with Gasteiger partial charge in [0.2, 0.25) is 5.91 Å². The van der Waals surface area contributed by atoms with Crippen molar-refractivity contribution in [3.8, 4) is 11.1 Å². The van der Waals surface area contributed by atoms with Gasteiger partial charge in [0.1, 0.15) is 6.61 Å². The normalized spacial score (nSPS) is 28.1. The highest BCUT2D eigenvalue weighted by atomic mass is 16.5. The number of fused-ring (bicyclic) bond motifs is 4. The molecule has 0 spiro atoms. The molecule has 7 heteroatoms. The van der Waals surface area contributed by atoms with E-state index < -0.39 is 12.1 Å². The molecule has 2 aromatic carbocycles. The Balaban J connectivity index is 1.03. The van der Waals surface area contributed by atoms with Gasteiger partial charge in [0, 0.05) is 24.9 Å². The summed E-state index contributed by atoms with van der Waals surface area (Å²) in [6.45, 7) is 1.32. The first-order valence-electron chi connectivity index (χ1n) is 12.3. The molecule has 4 aliphatic rings. The summed E-state index contributed by atoms with van der Waals surface area (Å²) in [6, 6.07) is 16.2. The van der Waals surface area contributed by atoms with Gasteiger partial charge in [-0.15, -0.1) is 0 Å². The molecule has 3 aliphatic carbocycles. The number of alkyl carbamates (subject to hydrolysis) is 1. The molecule has 180 valence electrons. The molecule has 5 atom stereocenters. The number of carboxylic acids is 1. The molecule has 6 rings (SSSR count). The average molecular weight is 473 g/mol. The van der Waals surface area contributed by atoms with Gasteiger partial charge in [-0.05, 0) is 46.9 Å². The number of piperidine rings is 1. The maximum atomic E-state index is 13.0. The summed E-state index contributed by atoms with van der Waals surface area (Å²) in [7, 11) is 0. The Kier molecular flexibility index (Phi) is 5.35. The predicted octanol–water partition coefficient (Wildman–Crippen LogP) is 3.65. The van der Waals surface area contributed by atoms with Crippen LogP contribution >= 0.6 is 0 Å². The van der Waals surface area contributed by atoms with Gasteiger partial charge in [0.15, 0.2) is 0 Å². The zero-order valence-electron chi connectivity index (χ0n) is 19.3. The van der Waals surface area contributed by atoms with E-state index in [9.17, 15) is 19.5 Å². The first-order valence-corrected chi connectivity index (χ1v) is 12.3. The van der Waals surface area contributed by atoms with Crippen LogP contribution in [0.15, 0.2) is 60.7 Å². The molecule has 0 bridgehead atoms. The second-order valence-electron chi connectivity index (χ2n) is 10.1. The second-order valence-corrected chi connectivity index (χ2v) is 10.1. The second kappa shape index (κ2) is 8.56. The summed E-state index contributed by atoms with van der Waals surface area (Å²) in [5.41, 5.74) is 4.70. The zero-order valence-corrected chi connectivity index (χ0v) is 19.3. The number of nitrogens with one attached hydrogen (secondary N) is 1. The summed E-state index contributed by atoms with van der Waals surface area (Å²) in [6.07, 6.45) is 4.54. The Bertz CT molecular complexity index is 1170. The van der Waals surface area contributed by atoms with Gasteiger partial charge in [0.05, 0.1) is 12.0 Å². The van der Waals surface area contributed by atoms with Crippen LogP contribution in [0.1, 0.15) is 29.9 Å². The van der Waals surface area contributed by atoms with Crippen LogP contribution in [0, 0.1) is 23.7 Å². The molecular weight excluding hydrogens is 444 g/mol. The number of rotatable bonds is 5. The third kappa shape index (κ3) is 3.89. The molecule has 2 fully saturated rings. The SMILES string of the molecule is O=C(N[C@@H]1C=CC[C@@H](C(=O)N2C[C@@H]3C(C(=O)O)[C@@H]3C2)C1)OCC1c2ccccc2-c2ccccc21. The van der Waals surface area contributed by atoms with Crippen molar-refractivity contribution in [2.45, 2.75) is 24.8 Å². The van der Waals surface area contributed by atoms with Crippen molar-refractivity contribution in [3.05, 3.63) is 71.8 Å². The molecule has 1 heterocycles. The number of benzene rings is 2. The molecule has 1 saturated carbocycles. The van der Waals surface area contributed by atoms with Crippen LogP contribution in [-0.4, -0.2) is 53.7 Å². The van der Waals surface area contributed by atoms with E-state index in [4.69, 9.17) is 4.74 Å². The number of likely N-dealkylation sites (tertiary alicyclic amines) is 1. The van der Waals surface area contributed by atoms with E-state index in [1.807, 2.05) is 41.3 Å². The minimum atomic E-state index is -0.750. The van der Waals surface area contributed by atoms with Gasteiger partial charge < -0.3 is 20.1 Å². The molecular formula is C28H28N2O5. The van der Waals surface area contributed by atoms with Crippen LogP contribution in [0.25, 0.3) is 11.1 Å². The van der Waals surface area contributed by atoms with E-state index >= 15 is 0 Å². The summed E-state index contributed by atoms with van der Waals surface area (Å²) in [5, 5.41) is 12.1. The summed E-state index contributed by atoms with van der Waals surface area (Å²) >= 11 is 0. The predicted molar refractivity (Wildman–Crippen MR) is 129 cm³/mol. The van der Waals surface area contributed by atoms with E-state index in [0.717, 1.165) is 0 Å². The molecule has 2 amide bonds. The molecule has 35 heavy (non-hydrogen) atoms. The third-order valence-corrected chi connectivity index (χ3v) is 8.11. The summed E-state index contributed by atoms with van der Waals surface area (Å²) in [4.78, 5) is 38.7. The third-order valence-electron chi connectivity index (χ3n) is 8.11. The number of ether oxygens (including phenoxy) is 1. The summed E-state index contributed by atoms with van der Waals surface area (Å²) in [5.74, 6) is -0.978. The molecule has 2 N–H and O–H groups in total. The van der Waals surface area contributed by atoms with Crippen molar-refractivity contribution < 1.29 is 24.2 Å². The Morgan fingerprint density at radius 2 is 1.60 bits per heavy atom. The maximum Gasteiger partial charge on any atom is 0.407 e. The fourth-order valence-electron chi connectivity index (χ4n) is 6.32.